The van der Waals surface area contributed by atoms with Gasteiger partial charge < -0.3 is 4.74 Å². The molecule has 0 radical (unpaired) electrons. The summed E-state index contributed by atoms with van der Waals surface area (Å²) in [6.07, 6.45) is -4.25. The fourth-order valence-electron chi connectivity index (χ4n) is 2.55. The van der Waals surface area contributed by atoms with Gasteiger partial charge in [-0.25, -0.2) is 0 Å². The maximum absolute atomic E-state index is 12.4. The smallest absolute Gasteiger partial charge is 0.389 e. The van der Waals surface area contributed by atoms with E-state index in [4.69, 9.17) is 4.74 Å². The van der Waals surface area contributed by atoms with Gasteiger partial charge in [0.05, 0.1) is 7.11 Å². The number of alkyl halides is 3. The first kappa shape index (κ1) is 16.4. The molecule has 1 unspecified atom stereocenters. The van der Waals surface area contributed by atoms with Gasteiger partial charge in [-0.05, 0) is 36.1 Å². The van der Waals surface area contributed by atoms with Gasteiger partial charge in [0.1, 0.15) is 5.75 Å². The third-order valence-electron chi connectivity index (χ3n) is 3.67. The van der Waals surface area contributed by atoms with Crippen LogP contribution in [0.25, 0.3) is 0 Å². The van der Waals surface area contributed by atoms with Crippen molar-refractivity contribution in [2.45, 2.75) is 31.4 Å². The first-order valence-electron chi connectivity index (χ1n) is 7.25. The fourth-order valence-corrected chi connectivity index (χ4v) is 2.55. The Labute approximate surface area is 128 Å². The lowest BCUT2D eigenvalue weighted by atomic mass is 9.87. The van der Waals surface area contributed by atoms with Gasteiger partial charge in [0.2, 0.25) is 0 Å². The second kappa shape index (κ2) is 7.34. The van der Waals surface area contributed by atoms with E-state index in [1.807, 2.05) is 54.6 Å². The van der Waals surface area contributed by atoms with Crippen LogP contribution in [0.1, 0.15) is 36.3 Å². The van der Waals surface area contributed by atoms with Gasteiger partial charge in [-0.1, -0.05) is 42.5 Å². The highest BCUT2D eigenvalue weighted by Crippen LogP contribution is 2.33. The van der Waals surface area contributed by atoms with E-state index in [9.17, 15) is 13.2 Å². The Morgan fingerprint density at radius 3 is 2.05 bits per heavy atom. The summed E-state index contributed by atoms with van der Waals surface area (Å²) in [6.45, 7) is 0. The summed E-state index contributed by atoms with van der Waals surface area (Å²) in [5, 5.41) is 0. The number of benzene rings is 2. The van der Waals surface area contributed by atoms with Gasteiger partial charge in [0.25, 0.3) is 0 Å². The van der Waals surface area contributed by atoms with Gasteiger partial charge in [0, 0.05) is 12.3 Å². The Morgan fingerprint density at radius 2 is 1.50 bits per heavy atom. The predicted octanol–water partition coefficient (Wildman–Crippen LogP) is 5.56. The summed E-state index contributed by atoms with van der Waals surface area (Å²) in [5.74, 6) is 0.709. The predicted molar refractivity (Wildman–Crippen MR) is 81.2 cm³/mol. The molecule has 0 amide bonds. The second-order valence-corrected chi connectivity index (χ2v) is 5.24. The third kappa shape index (κ3) is 4.79. The lowest BCUT2D eigenvalue weighted by Crippen LogP contribution is -2.09. The highest BCUT2D eigenvalue weighted by molar-refractivity contribution is 5.35. The third-order valence-corrected chi connectivity index (χ3v) is 3.67. The molecule has 0 aromatic heterocycles. The molecule has 0 bridgehead atoms. The van der Waals surface area contributed by atoms with Crippen molar-refractivity contribution >= 4 is 0 Å². The number of hydrogen-bond acceptors (Lipinski definition) is 1. The number of rotatable bonds is 6. The molecule has 1 nitrogen and oxygen atoms in total. The Hall–Kier alpha value is -1.97. The zero-order chi connectivity index (χ0) is 16.0. The molecule has 0 aliphatic heterocycles. The standard InChI is InChI=1S/C18H19F3O/c1-22-16-11-9-15(10-12-16)17(8-5-13-18(19,20)21)14-6-3-2-4-7-14/h2-4,6-7,9-12,17H,5,8,13H2,1H3. The maximum Gasteiger partial charge on any atom is 0.389 e. The number of ether oxygens (including phenoxy) is 1. The van der Waals surface area contributed by atoms with E-state index in [2.05, 4.69) is 0 Å². The molecule has 22 heavy (non-hydrogen) atoms. The minimum absolute atomic E-state index is 0.0329. The van der Waals surface area contributed by atoms with Gasteiger partial charge in [-0.15, -0.1) is 0 Å². The van der Waals surface area contributed by atoms with Crippen molar-refractivity contribution in [1.82, 2.24) is 0 Å². The van der Waals surface area contributed by atoms with Crippen molar-refractivity contribution < 1.29 is 17.9 Å². The molecule has 0 saturated carbocycles. The Balaban J connectivity index is 2.17. The van der Waals surface area contributed by atoms with E-state index < -0.39 is 12.6 Å². The van der Waals surface area contributed by atoms with E-state index in [0.29, 0.717) is 6.42 Å². The van der Waals surface area contributed by atoms with Crippen molar-refractivity contribution in [3.63, 3.8) is 0 Å². The molecule has 2 aromatic rings. The molecular formula is C18H19F3O. The largest absolute Gasteiger partial charge is 0.497 e. The molecule has 0 spiro atoms. The van der Waals surface area contributed by atoms with Gasteiger partial charge in [0.15, 0.2) is 0 Å². The minimum atomic E-state index is -4.10. The van der Waals surface area contributed by atoms with E-state index in [1.54, 1.807) is 7.11 Å². The minimum Gasteiger partial charge on any atom is -0.497 e. The maximum atomic E-state index is 12.4. The molecular weight excluding hydrogens is 289 g/mol. The molecule has 4 heteroatoms. The van der Waals surface area contributed by atoms with Crippen LogP contribution in [0.3, 0.4) is 0 Å². The van der Waals surface area contributed by atoms with Crippen LogP contribution >= 0.6 is 0 Å². The van der Waals surface area contributed by atoms with Crippen LogP contribution in [0, 0.1) is 0 Å². The molecule has 0 aliphatic carbocycles. The van der Waals surface area contributed by atoms with Crippen LogP contribution in [0.15, 0.2) is 54.6 Å². The molecule has 0 heterocycles. The van der Waals surface area contributed by atoms with Crippen LogP contribution in [-0.2, 0) is 0 Å². The quantitative estimate of drug-likeness (QED) is 0.679. The summed E-state index contributed by atoms with van der Waals surface area (Å²) in [7, 11) is 1.59. The molecule has 0 N–H and O–H groups in total. The Kier molecular flexibility index (Phi) is 5.47. The van der Waals surface area contributed by atoms with Crippen molar-refractivity contribution in [2.24, 2.45) is 0 Å². The summed E-state index contributed by atoms with van der Waals surface area (Å²) in [4.78, 5) is 0. The van der Waals surface area contributed by atoms with E-state index in [1.165, 1.54) is 0 Å². The summed E-state index contributed by atoms with van der Waals surface area (Å²) >= 11 is 0. The Morgan fingerprint density at radius 1 is 0.909 bits per heavy atom. The normalized spacial score (nSPS) is 12.9. The second-order valence-electron chi connectivity index (χ2n) is 5.24. The van der Waals surface area contributed by atoms with E-state index in [-0.39, 0.29) is 12.3 Å². The SMILES string of the molecule is COc1ccc(C(CCCC(F)(F)F)c2ccccc2)cc1. The Bertz CT molecular complexity index is 561. The van der Waals surface area contributed by atoms with Gasteiger partial charge >= 0.3 is 6.18 Å². The molecule has 0 aliphatic rings. The van der Waals surface area contributed by atoms with Crippen molar-refractivity contribution in [3.8, 4) is 5.75 Å². The lowest BCUT2D eigenvalue weighted by molar-refractivity contribution is -0.135. The van der Waals surface area contributed by atoms with Gasteiger partial charge in [-0.3, -0.25) is 0 Å². The average Bonchev–Trinajstić information content (AvgIpc) is 2.52. The fraction of sp³-hybridized carbons (Fsp3) is 0.333. The molecule has 2 rings (SSSR count). The van der Waals surface area contributed by atoms with Crippen LogP contribution in [0.2, 0.25) is 0 Å². The zero-order valence-corrected chi connectivity index (χ0v) is 12.4. The first-order chi connectivity index (χ1) is 10.5. The van der Waals surface area contributed by atoms with Crippen molar-refractivity contribution in [3.05, 3.63) is 65.7 Å². The molecule has 0 saturated heterocycles. The molecule has 118 valence electrons. The first-order valence-corrected chi connectivity index (χ1v) is 7.25. The molecule has 0 fully saturated rings. The number of halogens is 3. The van der Waals surface area contributed by atoms with Gasteiger partial charge in [-0.2, -0.15) is 13.2 Å². The topological polar surface area (TPSA) is 9.23 Å². The van der Waals surface area contributed by atoms with E-state index in [0.717, 1.165) is 16.9 Å². The number of hydrogen-bond donors (Lipinski definition) is 0. The van der Waals surface area contributed by atoms with Crippen LogP contribution in [0.5, 0.6) is 5.75 Å². The molecule has 1 atom stereocenters. The number of methoxy groups -OCH3 is 1. The van der Waals surface area contributed by atoms with Crippen LogP contribution in [-0.4, -0.2) is 13.3 Å². The molecule has 2 aromatic carbocycles. The summed E-state index contributed by atoms with van der Waals surface area (Å²) in [6, 6.07) is 17.2. The monoisotopic (exact) mass is 308 g/mol. The van der Waals surface area contributed by atoms with Crippen molar-refractivity contribution in [2.75, 3.05) is 7.11 Å². The van der Waals surface area contributed by atoms with E-state index >= 15 is 0 Å². The van der Waals surface area contributed by atoms with Crippen molar-refractivity contribution in [1.29, 1.82) is 0 Å². The zero-order valence-electron chi connectivity index (χ0n) is 12.4. The van der Waals surface area contributed by atoms with Crippen LogP contribution in [0.4, 0.5) is 13.2 Å². The summed E-state index contributed by atoms with van der Waals surface area (Å²) in [5.41, 5.74) is 2.05. The average molecular weight is 308 g/mol. The lowest BCUT2D eigenvalue weighted by Gasteiger charge is -2.19. The summed E-state index contributed by atoms with van der Waals surface area (Å²) < 4.78 is 42.3. The van der Waals surface area contributed by atoms with Crippen LogP contribution < -0.4 is 4.74 Å². The highest BCUT2D eigenvalue weighted by Gasteiger charge is 2.27. The highest BCUT2D eigenvalue weighted by atomic mass is 19.4.